The van der Waals surface area contributed by atoms with Crippen LogP contribution >= 0.6 is 35.7 Å². The van der Waals surface area contributed by atoms with Crippen molar-refractivity contribution in [3.63, 3.8) is 0 Å². The van der Waals surface area contributed by atoms with Crippen molar-refractivity contribution in [2.45, 2.75) is 6.42 Å². The summed E-state index contributed by atoms with van der Waals surface area (Å²) in [5.74, 6) is 2.84. The van der Waals surface area contributed by atoms with Crippen molar-refractivity contribution in [2.75, 3.05) is 38.1 Å². The van der Waals surface area contributed by atoms with E-state index in [0.717, 1.165) is 24.4 Å². The summed E-state index contributed by atoms with van der Waals surface area (Å²) in [6, 6.07) is 5.51. The first kappa shape index (κ1) is 19.2. The summed E-state index contributed by atoms with van der Waals surface area (Å²) in [7, 11) is 3.20. The lowest BCUT2D eigenvalue weighted by Gasteiger charge is -2.10. The molecule has 1 aromatic rings. The monoisotopic (exact) mass is 411 g/mol. The molecule has 0 aliphatic rings. The fourth-order valence-electron chi connectivity index (χ4n) is 1.51. The van der Waals surface area contributed by atoms with Gasteiger partial charge in [0.05, 0.1) is 14.2 Å². The van der Waals surface area contributed by atoms with Crippen molar-refractivity contribution in [3.05, 3.63) is 18.2 Å². The molecule has 0 bridgehead atoms. The molecule has 0 radical (unpaired) electrons. The number of hydrogen-bond acceptors (Lipinski definition) is 4. The van der Waals surface area contributed by atoms with Gasteiger partial charge in [0.25, 0.3) is 0 Å². The highest BCUT2D eigenvalue weighted by Crippen LogP contribution is 2.29. The highest BCUT2D eigenvalue weighted by molar-refractivity contribution is 14.0. The van der Waals surface area contributed by atoms with Crippen LogP contribution in [0.3, 0.4) is 0 Å². The van der Waals surface area contributed by atoms with E-state index in [0.29, 0.717) is 17.5 Å². The molecule has 5 nitrogen and oxygen atoms in total. The van der Waals surface area contributed by atoms with Crippen LogP contribution in [0.15, 0.2) is 23.2 Å². The highest BCUT2D eigenvalue weighted by atomic mass is 127. The van der Waals surface area contributed by atoms with Gasteiger partial charge < -0.3 is 20.5 Å². The van der Waals surface area contributed by atoms with Crippen molar-refractivity contribution in [1.29, 1.82) is 0 Å². The molecule has 1 aromatic carbocycles. The smallest absolute Gasteiger partial charge is 0.193 e. The SMILES string of the molecule is COc1ccc(NC(N)=NCCCSC)cc1OC.I. The van der Waals surface area contributed by atoms with Crippen LogP contribution in [0.5, 0.6) is 11.5 Å². The first-order chi connectivity index (χ1) is 9.21. The molecule has 7 heteroatoms. The summed E-state index contributed by atoms with van der Waals surface area (Å²) in [6.07, 6.45) is 3.10. The maximum Gasteiger partial charge on any atom is 0.193 e. The molecule has 1 rings (SSSR count). The number of guanidine groups is 1. The van der Waals surface area contributed by atoms with Crippen LogP contribution < -0.4 is 20.5 Å². The third-order valence-corrected chi connectivity index (χ3v) is 3.14. The van der Waals surface area contributed by atoms with Crippen LogP contribution in [0.2, 0.25) is 0 Å². The second-order valence-electron chi connectivity index (χ2n) is 3.81. The molecule has 0 saturated carbocycles. The Morgan fingerprint density at radius 2 is 2.00 bits per heavy atom. The summed E-state index contributed by atoms with van der Waals surface area (Å²) >= 11 is 1.81. The highest BCUT2D eigenvalue weighted by Gasteiger charge is 2.04. The summed E-state index contributed by atoms with van der Waals surface area (Å²) in [4.78, 5) is 4.25. The Hall–Kier alpha value is -0.830. The van der Waals surface area contributed by atoms with E-state index >= 15 is 0 Å². The van der Waals surface area contributed by atoms with E-state index in [4.69, 9.17) is 15.2 Å². The van der Waals surface area contributed by atoms with Crippen LogP contribution in [0.4, 0.5) is 5.69 Å². The second kappa shape index (κ2) is 10.9. The van der Waals surface area contributed by atoms with Gasteiger partial charge >= 0.3 is 0 Å². The number of methoxy groups -OCH3 is 2. The largest absolute Gasteiger partial charge is 0.493 e. The molecule has 0 heterocycles. The topological polar surface area (TPSA) is 68.9 Å². The minimum atomic E-state index is 0. The van der Waals surface area contributed by atoms with E-state index in [1.54, 1.807) is 26.0 Å². The minimum Gasteiger partial charge on any atom is -0.493 e. The van der Waals surface area contributed by atoms with Crippen LogP contribution in [0.25, 0.3) is 0 Å². The summed E-state index contributed by atoms with van der Waals surface area (Å²) in [5, 5.41) is 3.03. The van der Waals surface area contributed by atoms with Crippen LogP contribution in [0.1, 0.15) is 6.42 Å². The van der Waals surface area contributed by atoms with Gasteiger partial charge in [-0.1, -0.05) is 0 Å². The second-order valence-corrected chi connectivity index (χ2v) is 4.79. The molecule has 0 fully saturated rings. The average Bonchev–Trinajstić information content (AvgIpc) is 2.43. The predicted octanol–water partition coefficient (Wildman–Crippen LogP) is 2.80. The number of ether oxygens (including phenoxy) is 2. The van der Waals surface area contributed by atoms with E-state index in [1.807, 2.05) is 18.2 Å². The number of anilines is 1. The van der Waals surface area contributed by atoms with Gasteiger partial charge in [0.1, 0.15) is 0 Å². The molecule has 0 saturated heterocycles. The van der Waals surface area contributed by atoms with Gasteiger partial charge in [0, 0.05) is 18.3 Å². The molecule has 0 aliphatic carbocycles. The van der Waals surface area contributed by atoms with Gasteiger partial charge in [-0.2, -0.15) is 11.8 Å². The van der Waals surface area contributed by atoms with Crippen molar-refractivity contribution in [2.24, 2.45) is 10.7 Å². The third-order valence-electron chi connectivity index (χ3n) is 2.44. The minimum absolute atomic E-state index is 0. The quantitative estimate of drug-likeness (QED) is 0.313. The summed E-state index contributed by atoms with van der Waals surface area (Å²) < 4.78 is 10.4. The Bertz CT molecular complexity index is 430. The summed E-state index contributed by atoms with van der Waals surface area (Å²) in [5.41, 5.74) is 6.63. The number of nitrogens with two attached hydrogens (primary N) is 1. The van der Waals surface area contributed by atoms with E-state index in [1.165, 1.54) is 0 Å². The third kappa shape index (κ3) is 6.56. The number of benzene rings is 1. The molecule has 0 unspecified atom stereocenters. The van der Waals surface area contributed by atoms with E-state index in [9.17, 15) is 0 Å². The average molecular weight is 411 g/mol. The van der Waals surface area contributed by atoms with Gasteiger partial charge in [-0.3, -0.25) is 4.99 Å². The number of nitrogens with one attached hydrogen (secondary N) is 1. The Morgan fingerprint density at radius 1 is 1.30 bits per heavy atom. The van der Waals surface area contributed by atoms with Gasteiger partial charge in [0.15, 0.2) is 17.5 Å². The Kier molecular flexibility index (Phi) is 10.4. The normalized spacial score (nSPS) is 10.7. The Balaban J connectivity index is 0.00000361. The van der Waals surface area contributed by atoms with Crippen LogP contribution in [-0.4, -0.2) is 38.7 Å². The molecule has 114 valence electrons. The van der Waals surface area contributed by atoms with E-state index in [-0.39, 0.29) is 24.0 Å². The van der Waals surface area contributed by atoms with Crippen molar-refractivity contribution in [3.8, 4) is 11.5 Å². The Morgan fingerprint density at radius 3 is 2.60 bits per heavy atom. The number of halogens is 1. The molecule has 20 heavy (non-hydrogen) atoms. The maximum atomic E-state index is 5.81. The van der Waals surface area contributed by atoms with Crippen molar-refractivity contribution in [1.82, 2.24) is 0 Å². The van der Waals surface area contributed by atoms with E-state index in [2.05, 4.69) is 16.6 Å². The molecular formula is C13H22IN3O2S. The van der Waals surface area contributed by atoms with E-state index < -0.39 is 0 Å². The van der Waals surface area contributed by atoms with Gasteiger partial charge in [-0.15, -0.1) is 24.0 Å². The molecule has 0 spiro atoms. The fraction of sp³-hybridized carbons (Fsp3) is 0.462. The fourth-order valence-corrected chi connectivity index (χ4v) is 1.93. The number of rotatable bonds is 7. The van der Waals surface area contributed by atoms with Gasteiger partial charge in [-0.05, 0) is 30.6 Å². The van der Waals surface area contributed by atoms with Crippen LogP contribution in [0, 0.1) is 0 Å². The zero-order valence-electron chi connectivity index (χ0n) is 12.0. The summed E-state index contributed by atoms with van der Waals surface area (Å²) in [6.45, 7) is 0.729. The number of nitrogens with zero attached hydrogens (tertiary/aromatic N) is 1. The zero-order chi connectivity index (χ0) is 14.1. The molecule has 3 N–H and O–H groups in total. The lowest BCUT2D eigenvalue weighted by molar-refractivity contribution is 0.355. The van der Waals surface area contributed by atoms with Crippen molar-refractivity contribution >= 4 is 47.4 Å². The first-order valence-electron chi connectivity index (χ1n) is 5.99. The maximum absolute atomic E-state index is 5.81. The lowest BCUT2D eigenvalue weighted by Crippen LogP contribution is -2.22. The molecule has 0 amide bonds. The lowest BCUT2D eigenvalue weighted by atomic mass is 10.3. The Labute approximate surface area is 141 Å². The number of hydrogen-bond donors (Lipinski definition) is 2. The number of aliphatic imine (C=N–C) groups is 1. The zero-order valence-corrected chi connectivity index (χ0v) is 15.2. The molecule has 0 aliphatic heterocycles. The first-order valence-corrected chi connectivity index (χ1v) is 7.38. The molecular weight excluding hydrogens is 389 g/mol. The van der Waals surface area contributed by atoms with Crippen LogP contribution in [-0.2, 0) is 0 Å². The molecule has 0 atom stereocenters. The predicted molar refractivity (Wildman–Crippen MR) is 98.1 cm³/mol. The molecule has 0 aromatic heterocycles. The van der Waals surface area contributed by atoms with Crippen molar-refractivity contribution < 1.29 is 9.47 Å². The van der Waals surface area contributed by atoms with Gasteiger partial charge in [0.2, 0.25) is 0 Å². The van der Waals surface area contributed by atoms with Gasteiger partial charge in [-0.25, -0.2) is 0 Å². The standard InChI is InChI=1S/C13H21N3O2S.HI/c1-17-11-6-5-10(9-12(11)18-2)16-13(14)15-7-4-8-19-3;/h5-6,9H,4,7-8H2,1-3H3,(H3,14,15,16);1H. The number of thioether (sulfide) groups is 1.